The van der Waals surface area contributed by atoms with Gasteiger partial charge in [-0.2, -0.15) is 0 Å². The van der Waals surface area contributed by atoms with E-state index >= 15 is 0 Å². The summed E-state index contributed by atoms with van der Waals surface area (Å²) in [6, 6.07) is -0.375. The average molecular weight is 443 g/mol. The first-order valence-corrected chi connectivity index (χ1v) is 12.4. The number of sulfone groups is 1. The number of aryl methyl sites for hydroxylation is 1. The molecule has 0 aromatic carbocycles. The van der Waals surface area contributed by atoms with Crippen LogP contribution < -0.4 is 5.32 Å². The van der Waals surface area contributed by atoms with Gasteiger partial charge in [-0.05, 0) is 44.6 Å². The van der Waals surface area contributed by atoms with E-state index in [4.69, 9.17) is 4.74 Å². The first-order valence-electron chi connectivity index (χ1n) is 9.81. The molecule has 8 nitrogen and oxygen atoms in total. The SMILES string of the molecule is CCN(C(=O)COC(=O)c1c(NC(C)=O)sc2c1CCCC2)[C@@H]1CCS(=O)(=O)C1. The normalized spacial score (nSPS) is 20.0. The molecule has 160 valence electrons. The fourth-order valence-corrected chi connectivity index (χ4v) is 7.03. The molecule has 1 atom stereocenters. The number of thiophene rings is 1. The maximum Gasteiger partial charge on any atom is 0.341 e. The monoisotopic (exact) mass is 442 g/mol. The van der Waals surface area contributed by atoms with Crippen LogP contribution in [0.5, 0.6) is 0 Å². The zero-order chi connectivity index (χ0) is 21.2. The standard InChI is InChI=1S/C19H26N2O6S2/c1-3-21(13-8-9-29(25,26)11-13)16(23)10-27-19(24)17-14-6-4-5-7-15(14)28-18(17)20-12(2)22/h13H,3-11H2,1-2H3,(H,20,22)/t13-/m1/s1. The lowest BCUT2D eigenvalue weighted by atomic mass is 9.95. The molecule has 1 N–H and O–H groups in total. The number of carbonyl (C=O) groups excluding carboxylic acids is 3. The Morgan fingerprint density at radius 2 is 1.97 bits per heavy atom. The van der Waals surface area contributed by atoms with E-state index in [1.54, 1.807) is 6.92 Å². The molecule has 1 aromatic heterocycles. The van der Waals surface area contributed by atoms with Gasteiger partial charge in [0.15, 0.2) is 16.4 Å². The lowest BCUT2D eigenvalue weighted by molar-refractivity contribution is -0.136. The van der Waals surface area contributed by atoms with Gasteiger partial charge >= 0.3 is 5.97 Å². The maximum atomic E-state index is 12.8. The summed E-state index contributed by atoms with van der Waals surface area (Å²) in [5.74, 6) is -1.29. The van der Waals surface area contributed by atoms with Crippen LogP contribution in [0.4, 0.5) is 5.00 Å². The minimum Gasteiger partial charge on any atom is -0.452 e. The van der Waals surface area contributed by atoms with Gasteiger partial charge < -0.3 is 15.0 Å². The zero-order valence-electron chi connectivity index (χ0n) is 16.7. The van der Waals surface area contributed by atoms with Crippen molar-refractivity contribution >= 4 is 44.0 Å². The molecule has 2 heterocycles. The quantitative estimate of drug-likeness (QED) is 0.673. The van der Waals surface area contributed by atoms with E-state index in [2.05, 4.69) is 5.32 Å². The second-order valence-electron chi connectivity index (χ2n) is 7.41. The molecule has 2 aliphatic rings. The number of fused-ring (bicyclic) bond motifs is 1. The maximum absolute atomic E-state index is 12.8. The van der Waals surface area contributed by atoms with Crippen molar-refractivity contribution in [2.75, 3.05) is 30.0 Å². The average Bonchev–Trinajstić information content (AvgIpc) is 3.19. The number of anilines is 1. The number of ether oxygens (including phenoxy) is 1. The van der Waals surface area contributed by atoms with Gasteiger partial charge in [-0.3, -0.25) is 9.59 Å². The summed E-state index contributed by atoms with van der Waals surface area (Å²) in [6.45, 7) is 3.05. The molecule has 1 fully saturated rings. The minimum absolute atomic E-state index is 0.0504. The van der Waals surface area contributed by atoms with Crippen molar-refractivity contribution in [3.63, 3.8) is 0 Å². The molecule has 0 bridgehead atoms. The number of hydrogen-bond acceptors (Lipinski definition) is 7. The predicted octanol–water partition coefficient (Wildman–Crippen LogP) is 1.78. The number of rotatable bonds is 6. The van der Waals surface area contributed by atoms with E-state index in [9.17, 15) is 22.8 Å². The molecule has 1 saturated heterocycles. The molecule has 1 aliphatic carbocycles. The second-order valence-corrected chi connectivity index (χ2v) is 10.7. The summed E-state index contributed by atoms with van der Waals surface area (Å²) in [4.78, 5) is 39.4. The van der Waals surface area contributed by atoms with Gasteiger partial charge in [-0.25, -0.2) is 13.2 Å². The molecular weight excluding hydrogens is 416 g/mol. The van der Waals surface area contributed by atoms with Crippen molar-refractivity contribution in [2.24, 2.45) is 0 Å². The van der Waals surface area contributed by atoms with Gasteiger partial charge in [0.1, 0.15) is 5.00 Å². The number of esters is 1. The first-order chi connectivity index (χ1) is 13.7. The third-order valence-electron chi connectivity index (χ3n) is 5.30. The highest BCUT2D eigenvalue weighted by atomic mass is 32.2. The van der Waals surface area contributed by atoms with Crippen LogP contribution in [0.25, 0.3) is 0 Å². The van der Waals surface area contributed by atoms with E-state index < -0.39 is 28.3 Å². The van der Waals surface area contributed by atoms with Gasteiger partial charge in [0.2, 0.25) is 5.91 Å². The summed E-state index contributed by atoms with van der Waals surface area (Å²) in [7, 11) is -3.12. The van der Waals surface area contributed by atoms with Gasteiger partial charge in [0, 0.05) is 24.4 Å². The molecule has 0 radical (unpaired) electrons. The minimum atomic E-state index is -3.12. The lowest BCUT2D eigenvalue weighted by Crippen LogP contribution is -2.43. The molecule has 29 heavy (non-hydrogen) atoms. The molecule has 3 rings (SSSR count). The van der Waals surface area contributed by atoms with Crippen molar-refractivity contribution in [3.05, 3.63) is 16.0 Å². The van der Waals surface area contributed by atoms with Crippen LogP contribution in [0.1, 0.15) is 53.9 Å². The Kier molecular flexibility index (Phi) is 6.62. The Labute approximate surface area is 174 Å². The first kappa shape index (κ1) is 21.8. The van der Waals surface area contributed by atoms with Crippen LogP contribution in [0, 0.1) is 0 Å². The summed E-state index contributed by atoms with van der Waals surface area (Å²) < 4.78 is 28.7. The fraction of sp³-hybridized carbons (Fsp3) is 0.632. The topological polar surface area (TPSA) is 110 Å². The van der Waals surface area contributed by atoms with Crippen LogP contribution in [0.3, 0.4) is 0 Å². The fourth-order valence-electron chi connectivity index (χ4n) is 3.97. The highest BCUT2D eigenvalue weighted by Crippen LogP contribution is 2.38. The van der Waals surface area contributed by atoms with Gasteiger partial charge in [-0.1, -0.05) is 0 Å². The Balaban J connectivity index is 1.71. The van der Waals surface area contributed by atoms with Gasteiger partial charge in [-0.15, -0.1) is 11.3 Å². The van der Waals surface area contributed by atoms with Crippen LogP contribution >= 0.6 is 11.3 Å². The van der Waals surface area contributed by atoms with Gasteiger partial charge in [0.05, 0.1) is 17.1 Å². The summed E-state index contributed by atoms with van der Waals surface area (Å²) in [5.41, 5.74) is 1.25. The third-order valence-corrected chi connectivity index (χ3v) is 8.26. The van der Waals surface area contributed by atoms with Crippen molar-refractivity contribution in [2.45, 2.75) is 52.0 Å². The van der Waals surface area contributed by atoms with Crippen LogP contribution in [-0.4, -0.2) is 61.8 Å². The van der Waals surface area contributed by atoms with Crippen LogP contribution in [-0.2, 0) is 37.0 Å². The van der Waals surface area contributed by atoms with Crippen molar-refractivity contribution in [1.29, 1.82) is 0 Å². The lowest BCUT2D eigenvalue weighted by Gasteiger charge is -2.26. The Bertz CT molecular complexity index is 921. The molecule has 1 aliphatic heterocycles. The Hall–Kier alpha value is -1.94. The second kappa shape index (κ2) is 8.83. The molecule has 2 amide bonds. The van der Waals surface area contributed by atoms with Crippen LogP contribution in [0.15, 0.2) is 0 Å². The molecular formula is C19H26N2O6S2. The molecule has 10 heteroatoms. The smallest absolute Gasteiger partial charge is 0.341 e. The van der Waals surface area contributed by atoms with E-state index in [0.29, 0.717) is 23.5 Å². The Morgan fingerprint density at radius 1 is 1.24 bits per heavy atom. The van der Waals surface area contributed by atoms with E-state index in [1.807, 2.05) is 0 Å². The number of carbonyl (C=O) groups is 3. The summed E-state index contributed by atoms with van der Waals surface area (Å²) >= 11 is 1.39. The highest BCUT2D eigenvalue weighted by molar-refractivity contribution is 7.91. The molecule has 1 aromatic rings. The number of amides is 2. The van der Waals surface area contributed by atoms with E-state index in [-0.39, 0.29) is 23.5 Å². The van der Waals surface area contributed by atoms with Crippen LogP contribution in [0.2, 0.25) is 0 Å². The summed E-state index contributed by atoms with van der Waals surface area (Å²) in [6.07, 6.45) is 4.00. The molecule has 0 unspecified atom stereocenters. The third kappa shape index (κ3) is 4.98. The largest absolute Gasteiger partial charge is 0.452 e. The summed E-state index contributed by atoms with van der Waals surface area (Å²) in [5, 5.41) is 3.17. The van der Waals surface area contributed by atoms with Gasteiger partial charge in [0.25, 0.3) is 5.91 Å². The van der Waals surface area contributed by atoms with Crippen molar-refractivity contribution in [3.8, 4) is 0 Å². The predicted molar refractivity (Wildman–Crippen MR) is 110 cm³/mol. The number of hydrogen-bond donors (Lipinski definition) is 1. The van der Waals surface area contributed by atoms with E-state index in [0.717, 1.165) is 36.1 Å². The molecule has 0 spiro atoms. The van der Waals surface area contributed by atoms with Crippen molar-refractivity contribution in [1.82, 2.24) is 4.90 Å². The Morgan fingerprint density at radius 3 is 2.59 bits per heavy atom. The number of likely N-dealkylation sites (N-methyl/N-ethyl adjacent to an activating group) is 1. The van der Waals surface area contributed by atoms with Crippen molar-refractivity contribution < 1.29 is 27.5 Å². The number of nitrogens with zero attached hydrogens (tertiary/aromatic N) is 1. The highest BCUT2D eigenvalue weighted by Gasteiger charge is 2.34. The number of nitrogens with one attached hydrogen (secondary N) is 1. The zero-order valence-corrected chi connectivity index (χ0v) is 18.3. The molecule has 0 saturated carbocycles. The van der Waals surface area contributed by atoms with E-state index in [1.165, 1.54) is 23.2 Å².